The molecule has 0 saturated heterocycles. The smallest absolute Gasteiger partial charge is 0.272 e. The molecule has 26 heavy (non-hydrogen) atoms. The standard InChI is InChI=1S/C19H16Cl2N4O/c1-11-3-4-13(7-12(11)2)17-9-18(24-23-17)19(26)25-22-10-14-5-6-15(20)8-16(14)21/h3-10H,1-2H3,(H,23,24)(H,25,26)/b22-10-. The van der Waals surface area contributed by atoms with Crippen LogP contribution in [0.15, 0.2) is 47.6 Å². The van der Waals surface area contributed by atoms with Gasteiger partial charge < -0.3 is 0 Å². The van der Waals surface area contributed by atoms with Crippen molar-refractivity contribution < 1.29 is 4.79 Å². The molecule has 0 aliphatic heterocycles. The van der Waals surface area contributed by atoms with Gasteiger partial charge in [0.1, 0.15) is 5.69 Å². The number of aromatic amines is 1. The molecule has 1 heterocycles. The van der Waals surface area contributed by atoms with E-state index in [2.05, 4.69) is 20.7 Å². The molecule has 0 aliphatic carbocycles. The van der Waals surface area contributed by atoms with Crippen molar-refractivity contribution in [2.75, 3.05) is 0 Å². The maximum atomic E-state index is 12.2. The Kier molecular flexibility index (Phi) is 5.40. The highest BCUT2D eigenvalue weighted by molar-refractivity contribution is 6.36. The van der Waals surface area contributed by atoms with Crippen molar-refractivity contribution in [1.82, 2.24) is 15.6 Å². The van der Waals surface area contributed by atoms with E-state index in [1.54, 1.807) is 24.3 Å². The summed E-state index contributed by atoms with van der Waals surface area (Å²) in [4.78, 5) is 12.2. The summed E-state index contributed by atoms with van der Waals surface area (Å²) in [6.45, 7) is 4.09. The van der Waals surface area contributed by atoms with E-state index in [4.69, 9.17) is 23.2 Å². The van der Waals surface area contributed by atoms with Gasteiger partial charge in [-0.1, -0.05) is 41.4 Å². The predicted molar refractivity (Wildman–Crippen MR) is 105 cm³/mol. The van der Waals surface area contributed by atoms with Crippen LogP contribution in [-0.4, -0.2) is 22.3 Å². The Balaban J connectivity index is 1.70. The van der Waals surface area contributed by atoms with Crippen molar-refractivity contribution >= 4 is 35.3 Å². The highest BCUT2D eigenvalue weighted by Gasteiger charge is 2.11. The van der Waals surface area contributed by atoms with Gasteiger partial charge in [0.2, 0.25) is 0 Å². The zero-order valence-corrected chi connectivity index (χ0v) is 15.7. The first-order valence-electron chi connectivity index (χ1n) is 7.85. The Labute approximate surface area is 161 Å². The van der Waals surface area contributed by atoms with E-state index in [1.807, 2.05) is 32.0 Å². The molecule has 132 valence electrons. The van der Waals surface area contributed by atoms with Crippen molar-refractivity contribution in [3.63, 3.8) is 0 Å². The van der Waals surface area contributed by atoms with Gasteiger partial charge in [-0.05, 0) is 49.2 Å². The predicted octanol–water partition coefficient (Wildman–Crippen LogP) is 4.76. The number of carbonyl (C=O) groups excluding carboxylic acids is 1. The number of aromatic nitrogens is 2. The zero-order valence-electron chi connectivity index (χ0n) is 14.2. The molecule has 0 bridgehead atoms. The number of hydrogen-bond acceptors (Lipinski definition) is 3. The molecule has 1 aromatic heterocycles. The molecule has 0 unspecified atom stereocenters. The normalized spacial score (nSPS) is 11.1. The molecule has 1 amide bonds. The van der Waals surface area contributed by atoms with Gasteiger partial charge in [-0.15, -0.1) is 0 Å². The minimum atomic E-state index is -0.395. The molecule has 3 aromatic rings. The van der Waals surface area contributed by atoms with E-state index in [9.17, 15) is 4.79 Å². The maximum absolute atomic E-state index is 12.2. The van der Waals surface area contributed by atoms with Gasteiger partial charge in [0.25, 0.3) is 5.91 Å². The van der Waals surface area contributed by atoms with E-state index in [0.717, 1.165) is 5.56 Å². The van der Waals surface area contributed by atoms with E-state index in [-0.39, 0.29) is 0 Å². The molecule has 2 aromatic carbocycles. The summed E-state index contributed by atoms with van der Waals surface area (Å²) < 4.78 is 0. The Morgan fingerprint density at radius 3 is 2.65 bits per heavy atom. The average Bonchev–Trinajstić information content (AvgIpc) is 3.09. The first-order chi connectivity index (χ1) is 12.4. The van der Waals surface area contributed by atoms with Crippen LogP contribution >= 0.6 is 23.2 Å². The highest BCUT2D eigenvalue weighted by atomic mass is 35.5. The summed E-state index contributed by atoms with van der Waals surface area (Å²) in [6, 6.07) is 12.7. The van der Waals surface area contributed by atoms with Gasteiger partial charge in [-0.2, -0.15) is 10.2 Å². The molecule has 5 nitrogen and oxygen atoms in total. The summed E-state index contributed by atoms with van der Waals surface area (Å²) >= 11 is 11.9. The van der Waals surface area contributed by atoms with Gasteiger partial charge in [0.15, 0.2) is 0 Å². The second kappa shape index (κ2) is 7.72. The number of aryl methyl sites for hydroxylation is 2. The number of nitrogens with one attached hydrogen (secondary N) is 2. The van der Waals surface area contributed by atoms with Crippen LogP contribution in [0, 0.1) is 13.8 Å². The lowest BCUT2D eigenvalue weighted by Crippen LogP contribution is -2.18. The summed E-state index contributed by atoms with van der Waals surface area (Å²) in [6.07, 6.45) is 1.46. The summed E-state index contributed by atoms with van der Waals surface area (Å²) in [7, 11) is 0. The van der Waals surface area contributed by atoms with Crippen LogP contribution in [0.4, 0.5) is 0 Å². The number of amides is 1. The van der Waals surface area contributed by atoms with Gasteiger partial charge in [-0.25, -0.2) is 5.43 Å². The van der Waals surface area contributed by atoms with E-state index in [0.29, 0.717) is 27.0 Å². The number of hydrazone groups is 1. The largest absolute Gasteiger partial charge is 0.289 e. The summed E-state index contributed by atoms with van der Waals surface area (Å²) in [5, 5.41) is 11.8. The minimum absolute atomic E-state index is 0.317. The quantitative estimate of drug-likeness (QED) is 0.500. The van der Waals surface area contributed by atoms with Crippen molar-refractivity contribution in [3.8, 4) is 11.3 Å². The van der Waals surface area contributed by atoms with Crippen LogP contribution in [0.2, 0.25) is 10.0 Å². The molecule has 3 rings (SSSR count). The van der Waals surface area contributed by atoms with Crippen molar-refractivity contribution in [1.29, 1.82) is 0 Å². The lowest BCUT2D eigenvalue weighted by Gasteiger charge is -2.01. The highest BCUT2D eigenvalue weighted by Crippen LogP contribution is 2.21. The molecule has 0 spiro atoms. The molecule has 0 aliphatic rings. The number of nitrogens with zero attached hydrogens (tertiary/aromatic N) is 2. The Morgan fingerprint density at radius 1 is 1.12 bits per heavy atom. The fraction of sp³-hybridized carbons (Fsp3) is 0.105. The Bertz CT molecular complexity index is 995. The second-order valence-corrected chi connectivity index (χ2v) is 6.67. The number of benzene rings is 2. The first-order valence-corrected chi connectivity index (χ1v) is 8.61. The van der Waals surface area contributed by atoms with Crippen molar-refractivity contribution in [2.45, 2.75) is 13.8 Å². The maximum Gasteiger partial charge on any atom is 0.289 e. The molecule has 2 N–H and O–H groups in total. The number of H-pyrrole nitrogens is 1. The Morgan fingerprint density at radius 2 is 1.92 bits per heavy atom. The Hall–Kier alpha value is -2.63. The third-order valence-electron chi connectivity index (χ3n) is 3.96. The number of halogens is 2. The fourth-order valence-corrected chi connectivity index (χ4v) is 2.77. The van der Waals surface area contributed by atoms with Crippen molar-refractivity contribution in [3.05, 3.63) is 74.9 Å². The number of rotatable bonds is 4. The SMILES string of the molecule is Cc1ccc(-c2cc(C(=O)N/N=C\c3ccc(Cl)cc3Cl)[nH]n2)cc1C. The molecule has 0 atom stereocenters. The topological polar surface area (TPSA) is 70.1 Å². The van der Waals surface area contributed by atoms with Crippen LogP contribution in [0.25, 0.3) is 11.3 Å². The third kappa shape index (κ3) is 4.12. The van der Waals surface area contributed by atoms with Gasteiger partial charge in [0, 0.05) is 16.1 Å². The van der Waals surface area contributed by atoms with Crippen LogP contribution in [0.1, 0.15) is 27.2 Å². The van der Waals surface area contributed by atoms with Gasteiger partial charge in [0.05, 0.1) is 16.9 Å². The molecule has 0 radical (unpaired) electrons. The van der Waals surface area contributed by atoms with Gasteiger partial charge >= 0.3 is 0 Å². The summed E-state index contributed by atoms with van der Waals surface area (Å²) in [5.41, 5.74) is 7.42. The summed E-state index contributed by atoms with van der Waals surface area (Å²) in [5.74, 6) is -0.395. The monoisotopic (exact) mass is 386 g/mol. The van der Waals surface area contributed by atoms with Gasteiger partial charge in [-0.3, -0.25) is 9.89 Å². The van der Waals surface area contributed by atoms with Crippen molar-refractivity contribution in [2.24, 2.45) is 5.10 Å². The lowest BCUT2D eigenvalue weighted by molar-refractivity contribution is 0.0950. The van der Waals surface area contributed by atoms with Crippen LogP contribution in [0.3, 0.4) is 0 Å². The number of carbonyl (C=O) groups is 1. The van der Waals surface area contributed by atoms with Crippen LogP contribution in [0.5, 0.6) is 0 Å². The molecule has 7 heteroatoms. The average molecular weight is 387 g/mol. The second-order valence-electron chi connectivity index (χ2n) is 5.83. The van der Waals surface area contributed by atoms with Crippen LogP contribution < -0.4 is 5.43 Å². The van der Waals surface area contributed by atoms with Crippen LogP contribution in [-0.2, 0) is 0 Å². The molecular formula is C19H16Cl2N4O. The minimum Gasteiger partial charge on any atom is -0.272 e. The van der Waals surface area contributed by atoms with E-state index >= 15 is 0 Å². The van der Waals surface area contributed by atoms with E-state index in [1.165, 1.54) is 17.3 Å². The third-order valence-corrected chi connectivity index (χ3v) is 4.52. The molecular weight excluding hydrogens is 371 g/mol. The molecule has 0 saturated carbocycles. The lowest BCUT2D eigenvalue weighted by atomic mass is 10.0. The number of hydrogen-bond donors (Lipinski definition) is 2. The first kappa shape index (κ1) is 18.2. The molecule has 0 fully saturated rings. The van der Waals surface area contributed by atoms with E-state index < -0.39 is 5.91 Å². The zero-order chi connectivity index (χ0) is 18.7. The fourth-order valence-electron chi connectivity index (χ4n) is 2.31.